The molecule has 1 aromatic rings. The van der Waals surface area contributed by atoms with Crippen molar-refractivity contribution in [2.75, 3.05) is 13.3 Å². The van der Waals surface area contributed by atoms with Crippen LogP contribution in [0, 0.1) is 11.6 Å². The van der Waals surface area contributed by atoms with Crippen LogP contribution in [0.3, 0.4) is 0 Å². The Morgan fingerprint density at radius 3 is 2.21 bits per heavy atom. The number of benzene rings is 1. The van der Waals surface area contributed by atoms with Crippen molar-refractivity contribution < 1.29 is 17.9 Å². The molecule has 0 aliphatic rings. The van der Waals surface area contributed by atoms with Gasteiger partial charge in [-0.1, -0.05) is 15.9 Å². The summed E-state index contributed by atoms with van der Waals surface area (Å²) in [6.45, 7) is -1.12. The van der Waals surface area contributed by atoms with Gasteiger partial charge in [0.2, 0.25) is 0 Å². The fourth-order valence-corrected chi connectivity index (χ4v) is 1.29. The molecule has 0 fully saturated rings. The van der Waals surface area contributed by atoms with E-state index in [2.05, 4.69) is 20.7 Å². The lowest BCUT2D eigenvalue weighted by Gasteiger charge is -2.07. The Labute approximate surface area is 88.0 Å². The van der Waals surface area contributed by atoms with Crippen LogP contribution in [-0.4, -0.2) is 13.3 Å². The molecule has 0 heterocycles. The van der Waals surface area contributed by atoms with Crippen LogP contribution in [0.1, 0.15) is 5.56 Å². The topological polar surface area (TPSA) is 9.23 Å². The molecule has 5 heteroatoms. The van der Waals surface area contributed by atoms with Crippen LogP contribution in [0.15, 0.2) is 12.1 Å². The number of hydrogen-bond acceptors (Lipinski definition) is 1. The van der Waals surface area contributed by atoms with E-state index in [4.69, 9.17) is 0 Å². The maximum atomic E-state index is 13.1. The van der Waals surface area contributed by atoms with Crippen molar-refractivity contribution in [3.8, 4) is 5.75 Å². The summed E-state index contributed by atoms with van der Waals surface area (Å²) in [7, 11) is 0. The van der Waals surface area contributed by atoms with Gasteiger partial charge in [-0.15, -0.1) is 0 Å². The lowest BCUT2D eigenvalue weighted by atomic mass is 10.2. The van der Waals surface area contributed by atoms with E-state index in [1.54, 1.807) is 0 Å². The Kier molecular flexibility index (Phi) is 4.25. The highest BCUT2D eigenvalue weighted by Crippen LogP contribution is 2.24. The van der Waals surface area contributed by atoms with E-state index in [-0.39, 0.29) is 6.61 Å². The maximum absolute atomic E-state index is 13.1. The number of rotatable bonds is 4. The number of alkyl halides is 2. The van der Waals surface area contributed by atoms with Gasteiger partial charge in [0, 0.05) is 5.33 Å². The van der Waals surface area contributed by atoms with E-state index in [1.807, 2.05) is 0 Å². The standard InChI is InChI=1S/C9H8BrF3O/c10-5-6-3-7(12)9(8(13)4-6)14-2-1-11/h3-4H,1-2,5H2. The molecule has 14 heavy (non-hydrogen) atoms. The van der Waals surface area contributed by atoms with Crippen LogP contribution in [-0.2, 0) is 5.33 Å². The van der Waals surface area contributed by atoms with Crippen molar-refractivity contribution in [1.82, 2.24) is 0 Å². The first-order valence-corrected chi connectivity index (χ1v) is 5.04. The SMILES string of the molecule is FCCOc1c(F)cc(CBr)cc1F. The molecule has 1 aromatic carbocycles. The molecule has 0 aliphatic carbocycles. The van der Waals surface area contributed by atoms with Gasteiger partial charge in [0.25, 0.3) is 0 Å². The Hall–Kier alpha value is -0.710. The van der Waals surface area contributed by atoms with Crippen LogP contribution in [0.5, 0.6) is 5.75 Å². The summed E-state index contributed by atoms with van der Waals surface area (Å²) in [5, 5.41) is 0.351. The van der Waals surface area contributed by atoms with E-state index < -0.39 is 24.1 Å². The van der Waals surface area contributed by atoms with E-state index in [0.29, 0.717) is 10.9 Å². The third-order valence-corrected chi connectivity index (χ3v) is 2.18. The maximum Gasteiger partial charge on any atom is 0.190 e. The van der Waals surface area contributed by atoms with Crippen molar-refractivity contribution in [3.05, 3.63) is 29.3 Å². The van der Waals surface area contributed by atoms with E-state index in [1.165, 1.54) is 0 Å². The molecule has 0 radical (unpaired) electrons. The molecule has 0 saturated heterocycles. The third kappa shape index (κ3) is 2.64. The average molecular weight is 269 g/mol. The zero-order chi connectivity index (χ0) is 10.6. The summed E-state index contributed by atoms with van der Waals surface area (Å²) in [6, 6.07) is 2.29. The van der Waals surface area contributed by atoms with Crippen molar-refractivity contribution in [2.45, 2.75) is 5.33 Å². The molecule has 0 unspecified atom stereocenters. The lowest BCUT2D eigenvalue weighted by Crippen LogP contribution is -2.03. The van der Waals surface area contributed by atoms with Gasteiger partial charge in [-0.3, -0.25) is 0 Å². The van der Waals surface area contributed by atoms with Gasteiger partial charge in [-0.25, -0.2) is 13.2 Å². The Balaban J connectivity index is 2.93. The molecular weight excluding hydrogens is 261 g/mol. The van der Waals surface area contributed by atoms with Gasteiger partial charge in [-0.2, -0.15) is 0 Å². The molecule has 0 N–H and O–H groups in total. The van der Waals surface area contributed by atoms with Crippen LogP contribution in [0.25, 0.3) is 0 Å². The van der Waals surface area contributed by atoms with E-state index >= 15 is 0 Å². The third-order valence-electron chi connectivity index (χ3n) is 1.54. The van der Waals surface area contributed by atoms with Gasteiger partial charge >= 0.3 is 0 Å². The zero-order valence-electron chi connectivity index (χ0n) is 7.20. The van der Waals surface area contributed by atoms with Gasteiger partial charge in [0.1, 0.15) is 13.3 Å². The molecule has 1 rings (SSSR count). The smallest absolute Gasteiger partial charge is 0.190 e. The predicted molar refractivity (Wildman–Crippen MR) is 50.5 cm³/mol. The molecule has 1 nitrogen and oxygen atoms in total. The van der Waals surface area contributed by atoms with Crippen molar-refractivity contribution in [1.29, 1.82) is 0 Å². The summed E-state index contributed by atoms with van der Waals surface area (Å²) in [4.78, 5) is 0. The second kappa shape index (κ2) is 5.24. The second-order valence-electron chi connectivity index (χ2n) is 2.56. The molecule has 0 saturated carbocycles. The zero-order valence-corrected chi connectivity index (χ0v) is 8.78. The molecule has 0 amide bonds. The first-order valence-electron chi connectivity index (χ1n) is 3.91. The summed E-state index contributed by atoms with van der Waals surface area (Å²) in [5.74, 6) is -2.15. The largest absolute Gasteiger partial charge is 0.485 e. The van der Waals surface area contributed by atoms with Gasteiger partial charge in [0.15, 0.2) is 17.4 Å². The lowest BCUT2D eigenvalue weighted by molar-refractivity contribution is 0.251. The summed E-state index contributed by atoms with van der Waals surface area (Å²) in [5.41, 5.74) is 0.465. The van der Waals surface area contributed by atoms with Gasteiger partial charge in [0.05, 0.1) is 0 Å². The minimum Gasteiger partial charge on any atom is -0.485 e. The van der Waals surface area contributed by atoms with Crippen LogP contribution < -0.4 is 4.74 Å². The molecule has 0 atom stereocenters. The molecule has 0 aliphatic heterocycles. The van der Waals surface area contributed by atoms with Crippen molar-refractivity contribution >= 4 is 15.9 Å². The molecule has 0 bridgehead atoms. The Morgan fingerprint density at radius 2 is 1.79 bits per heavy atom. The fourth-order valence-electron chi connectivity index (χ4n) is 0.968. The first kappa shape index (κ1) is 11.4. The van der Waals surface area contributed by atoms with Crippen LogP contribution in [0.2, 0.25) is 0 Å². The second-order valence-corrected chi connectivity index (χ2v) is 3.12. The van der Waals surface area contributed by atoms with Crippen LogP contribution >= 0.6 is 15.9 Å². The summed E-state index contributed by atoms with van der Waals surface area (Å²) in [6.07, 6.45) is 0. The van der Waals surface area contributed by atoms with Crippen LogP contribution in [0.4, 0.5) is 13.2 Å². The number of halogens is 4. The highest BCUT2D eigenvalue weighted by atomic mass is 79.9. The number of hydrogen-bond donors (Lipinski definition) is 0. The molecule has 0 spiro atoms. The van der Waals surface area contributed by atoms with E-state index in [0.717, 1.165) is 12.1 Å². The minimum atomic E-state index is -0.812. The summed E-state index contributed by atoms with van der Waals surface area (Å²) >= 11 is 3.07. The van der Waals surface area contributed by atoms with E-state index in [9.17, 15) is 13.2 Å². The van der Waals surface area contributed by atoms with Gasteiger partial charge in [-0.05, 0) is 17.7 Å². The Morgan fingerprint density at radius 1 is 1.21 bits per heavy atom. The highest BCUT2D eigenvalue weighted by molar-refractivity contribution is 9.08. The van der Waals surface area contributed by atoms with Crippen molar-refractivity contribution in [2.24, 2.45) is 0 Å². The molecular formula is C9H8BrF3O. The monoisotopic (exact) mass is 268 g/mol. The highest BCUT2D eigenvalue weighted by Gasteiger charge is 2.11. The van der Waals surface area contributed by atoms with Crippen molar-refractivity contribution in [3.63, 3.8) is 0 Å². The fraction of sp³-hybridized carbons (Fsp3) is 0.333. The van der Waals surface area contributed by atoms with Gasteiger partial charge < -0.3 is 4.74 Å². The molecule has 78 valence electrons. The predicted octanol–water partition coefficient (Wildman–Crippen LogP) is 3.21. The minimum absolute atomic E-state index is 0.346. The first-order chi connectivity index (χ1) is 6.69. The molecule has 0 aromatic heterocycles. The summed E-state index contributed by atoms with van der Waals surface area (Å²) < 4.78 is 42.5. The number of ether oxygens (including phenoxy) is 1. The normalized spacial score (nSPS) is 10.3. The quantitative estimate of drug-likeness (QED) is 0.762. The Bertz CT molecular complexity index is 294. The average Bonchev–Trinajstić information content (AvgIpc) is 2.16.